The number of nitrogens with zero attached hydrogens (tertiary/aromatic N) is 3. The van der Waals surface area contributed by atoms with Crippen LogP contribution >= 0.6 is 0 Å². The van der Waals surface area contributed by atoms with Crippen LogP contribution in [0.5, 0.6) is 0 Å². The van der Waals surface area contributed by atoms with Gasteiger partial charge in [-0.1, -0.05) is 12.1 Å². The van der Waals surface area contributed by atoms with Crippen LogP contribution in [0.3, 0.4) is 0 Å². The molecule has 0 saturated heterocycles. The number of rotatable bonds is 7. The highest BCUT2D eigenvalue weighted by Crippen LogP contribution is 2.17. The van der Waals surface area contributed by atoms with Crippen molar-refractivity contribution in [2.75, 3.05) is 5.32 Å². The molecule has 0 fully saturated rings. The van der Waals surface area contributed by atoms with E-state index in [2.05, 4.69) is 20.7 Å². The van der Waals surface area contributed by atoms with Gasteiger partial charge in [-0.15, -0.1) is 0 Å². The Morgan fingerprint density at radius 2 is 1.88 bits per heavy atom. The fourth-order valence-electron chi connectivity index (χ4n) is 3.64. The maximum atomic E-state index is 12.4. The Balaban J connectivity index is 1.30. The van der Waals surface area contributed by atoms with Crippen molar-refractivity contribution in [2.45, 2.75) is 40.2 Å². The van der Waals surface area contributed by atoms with Gasteiger partial charge in [-0.05, 0) is 62.6 Å². The highest BCUT2D eigenvalue weighted by Gasteiger charge is 2.13. The third kappa shape index (κ3) is 4.69. The molecule has 4 aromatic rings. The average molecular weight is 431 g/mol. The zero-order valence-electron chi connectivity index (χ0n) is 18.3. The van der Waals surface area contributed by atoms with Gasteiger partial charge in [0, 0.05) is 36.1 Å². The monoisotopic (exact) mass is 431 g/mol. The highest BCUT2D eigenvalue weighted by atomic mass is 16.3. The number of hydrogen-bond acceptors (Lipinski definition) is 5. The van der Waals surface area contributed by atoms with Gasteiger partial charge in [-0.3, -0.25) is 9.59 Å². The predicted octanol–water partition coefficient (Wildman–Crippen LogP) is 3.75. The van der Waals surface area contributed by atoms with Gasteiger partial charge in [0.25, 0.3) is 5.91 Å². The molecule has 0 aliphatic heterocycles. The first-order valence-corrected chi connectivity index (χ1v) is 10.4. The van der Waals surface area contributed by atoms with E-state index >= 15 is 0 Å². The molecule has 4 rings (SSSR count). The lowest BCUT2D eigenvalue weighted by Gasteiger charge is -2.11. The Bertz CT molecular complexity index is 1260. The van der Waals surface area contributed by atoms with E-state index in [1.807, 2.05) is 43.5 Å². The molecule has 32 heavy (non-hydrogen) atoms. The second-order valence-corrected chi connectivity index (χ2v) is 7.72. The zero-order valence-corrected chi connectivity index (χ0v) is 18.3. The number of benzene rings is 1. The fraction of sp³-hybridized carbons (Fsp3) is 0.250. The third-order valence-corrected chi connectivity index (χ3v) is 5.33. The Morgan fingerprint density at radius 3 is 2.59 bits per heavy atom. The van der Waals surface area contributed by atoms with Gasteiger partial charge in [0.1, 0.15) is 0 Å². The Hall–Kier alpha value is -3.94. The van der Waals surface area contributed by atoms with Crippen molar-refractivity contribution in [3.8, 4) is 0 Å². The van der Waals surface area contributed by atoms with Crippen molar-refractivity contribution >= 4 is 23.1 Å². The summed E-state index contributed by atoms with van der Waals surface area (Å²) in [6.45, 7) is 6.33. The summed E-state index contributed by atoms with van der Waals surface area (Å²) in [6, 6.07) is 12.5. The average Bonchev–Trinajstić information content (AvgIpc) is 3.43. The van der Waals surface area contributed by atoms with E-state index in [4.69, 9.17) is 4.42 Å². The highest BCUT2D eigenvalue weighted by molar-refractivity contribution is 6.02. The van der Waals surface area contributed by atoms with Crippen molar-refractivity contribution in [2.24, 2.45) is 0 Å². The lowest BCUT2D eigenvalue weighted by atomic mass is 10.1. The van der Waals surface area contributed by atoms with E-state index in [1.165, 1.54) is 6.26 Å². The molecule has 2 amide bonds. The largest absolute Gasteiger partial charge is 0.459 e. The summed E-state index contributed by atoms with van der Waals surface area (Å²) >= 11 is 0. The molecule has 0 aliphatic carbocycles. The van der Waals surface area contributed by atoms with Gasteiger partial charge < -0.3 is 15.1 Å². The number of aromatic nitrogens is 3. The molecule has 2 N–H and O–H groups in total. The minimum Gasteiger partial charge on any atom is -0.459 e. The molecular formula is C24H25N5O3. The standard InChI is InChI=1S/C24H25N5O3/c1-15-13-22-26-16(2)20(17(3)29(22)28-15)10-11-23(30)25-14-18-6-8-19(9-7-18)27-24(31)21-5-4-12-32-21/h4-9,12-13H,10-11,14H2,1-3H3,(H,25,30)(H,27,31). The van der Waals surface area contributed by atoms with Gasteiger partial charge in [-0.2, -0.15) is 5.10 Å². The van der Waals surface area contributed by atoms with E-state index in [0.717, 1.165) is 33.9 Å². The second kappa shape index (κ2) is 9.05. The number of nitrogens with one attached hydrogen (secondary N) is 2. The fourth-order valence-corrected chi connectivity index (χ4v) is 3.64. The first-order chi connectivity index (χ1) is 15.4. The van der Waals surface area contributed by atoms with E-state index in [0.29, 0.717) is 25.1 Å². The SMILES string of the molecule is Cc1cc2nc(C)c(CCC(=O)NCc3ccc(NC(=O)c4ccco4)cc3)c(C)n2n1. The van der Waals surface area contributed by atoms with E-state index in [1.54, 1.807) is 24.3 Å². The summed E-state index contributed by atoms with van der Waals surface area (Å²) in [5.41, 5.74) is 6.33. The van der Waals surface area contributed by atoms with Crippen molar-refractivity contribution in [3.63, 3.8) is 0 Å². The number of carbonyl (C=O) groups is 2. The quantitative estimate of drug-likeness (QED) is 0.464. The predicted molar refractivity (Wildman–Crippen MR) is 120 cm³/mol. The molecule has 0 atom stereocenters. The lowest BCUT2D eigenvalue weighted by Crippen LogP contribution is -2.23. The molecular weight excluding hydrogens is 406 g/mol. The normalized spacial score (nSPS) is 11.0. The molecule has 0 unspecified atom stereocenters. The number of carbonyl (C=O) groups excluding carboxylic acids is 2. The number of fused-ring (bicyclic) bond motifs is 1. The van der Waals surface area contributed by atoms with Crippen molar-refractivity contribution in [3.05, 3.63) is 82.7 Å². The molecule has 3 aromatic heterocycles. The Labute approximate surface area is 185 Å². The molecule has 8 heteroatoms. The van der Waals surface area contributed by atoms with Crippen LogP contribution in [0.1, 0.15) is 45.2 Å². The molecule has 0 aliphatic rings. The van der Waals surface area contributed by atoms with Gasteiger partial charge >= 0.3 is 0 Å². The Kier molecular flexibility index (Phi) is 6.02. The van der Waals surface area contributed by atoms with Crippen molar-refractivity contribution in [1.29, 1.82) is 0 Å². The van der Waals surface area contributed by atoms with Crippen LogP contribution in [0.2, 0.25) is 0 Å². The summed E-state index contributed by atoms with van der Waals surface area (Å²) in [5.74, 6) is -0.0841. The summed E-state index contributed by atoms with van der Waals surface area (Å²) < 4.78 is 6.91. The first-order valence-electron chi connectivity index (χ1n) is 10.4. The van der Waals surface area contributed by atoms with Gasteiger partial charge in [0.05, 0.1) is 12.0 Å². The van der Waals surface area contributed by atoms with Crippen LogP contribution in [0.25, 0.3) is 5.65 Å². The van der Waals surface area contributed by atoms with E-state index in [9.17, 15) is 9.59 Å². The second-order valence-electron chi connectivity index (χ2n) is 7.72. The minimum absolute atomic E-state index is 0.0317. The summed E-state index contributed by atoms with van der Waals surface area (Å²) in [5, 5.41) is 10.2. The Morgan fingerprint density at radius 1 is 1.09 bits per heavy atom. The molecule has 3 heterocycles. The topological polar surface area (TPSA) is 102 Å². The molecule has 0 saturated carbocycles. The number of aryl methyl sites for hydroxylation is 3. The van der Waals surface area contributed by atoms with Gasteiger partial charge in [-0.25, -0.2) is 9.50 Å². The first kappa shape index (κ1) is 21.3. The summed E-state index contributed by atoms with van der Waals surface area (Å²) in [7, 11) is 0. The van der Waals surface area contributed by atoms with E-state index < -0.39 is 0 Å². The van der Waals surface area contributed by atoms with Crippen LogP contribution in [0.4, 0.5) is 5.69 Å². The van der Waals surface area contributed by atoms with Crippen LogP contribution in [-0.2, 0) is 17.8 Å². The zero-order chi connectivity index (χ0) is 22.7. The molecule has 1 aromatic carbocycles. The van der Waals surface area contributed by atoms with Crippen LogP contribution < -0.4 is 10.6 Å². The van der Waals surface area contributed by atoms with Crippen molar-refractivity contribution < 1.29 is 14.0 Å². The molecule has 0 bridgehead atoms. The molecule has 164 valence electrons. The maximum Gasteiger partial charge on any atom is 0.291 e. The number of furan rings is 1. The number of anilines is 1. The molecule has 0 spiro atoms. The summed E-state index contributed by atoms with van der Waals surface area (Å²) in [4.78, 5) is 29.0. The van der Waals surface area contributed by atoms with E-state index in [-0.39, 0.29) is 17.6 Å². The smallest absolute Gasteiger partial charge is 0.291 e. The third-order valence-electron chi connectivity index (χ3n) is 5.33. The van der Waals surface area contributed by atoms with Crippen LogP contribution in [-0.4, -0.2) is 26.4 Å². The van der Waals surface area contributed by atoms with Crippen molar-refractivity contribution in [1.82, 2.24) is 19.9 Å². The number of amides is 2. The van der Waals surface area contributed by atoms with Crippen LogP contribution in [0.15, 0.2) is 53.1 Å². The minimum atomic E-state index is -0.306. The molecule has 0 radical (unpaired) electrons. The van der Waals surface area contributed by atoms with Gasteiger partial charge in [0.2, 0.25) is 5.91 Å². The number of hydrogen-bond donors (Lipinski definition) is 2. The molecule has 8 nitrogen and oxygen atoms in total. The summed E-state index contributed by atoms with van der Waals surface area (Å²) in [6.07, 6.45) is 2.42. The lowest BCUT2D eigenvalue weighted by molar-refractivity contribution is -0.121. The van der Waals surface area contributed by atoms with Crippen LogP contribution in [0, 0.1) is 20.8 Å². The maximum absolute atomic E-state index is 12.4. The van der Waals surface area contributed by atoms with Gasteiger partial charge in [0.15, 0.2) is 11.4 Å².